The standard InChI is InChI=1S/C33H40N4O6S2/c1-15-19(5-7-29(38)39)25(34-22(15)11-24-17(3)21(9-10-44)33(43)36-24)13-26-20(6-8-30(40)41)16(2)23(35-26)12-27-31(28-14-45-28)18(4)32(42)37-27/h9,11-13,17-18,24,28,31,34-35,44H,5-8,10,14H2,1-4H3,(H,36,43)(H,37,42)(H,38,39)(H,40,41)/b21-9-,22-11-,25-13+,27-12-/t17?,18-,24-,28+,31-/m1/s1. The number of aliphatic carboxylic acids is 2. The maximum Gasteiger partial charge on any atom is 0.303 e. The summed E-state index contributed by atoms with van der Waals surface area (Å²) in [6.45, 7) is 7.82. The molecule has 1 unspecified atom stereocenters. The summed E-state index contributed by atoms with van der Waals surface area (Å²) in [5.41, 5.74) is 6.56. The smallest absolute Gasteiger partial charge is 0.303 e. The van der Waals surface area contributed by atoms with Crippen molar-refractivity contribution in [1.82, 2.24) is 20.6 Å². The van der Waals surface area contributed by atoms with Crippen LogP contribution in [0.1, 0.15) is 60.3 Å². The van der Waals surface area contributed by atoms with Crippen LogP contribution in [0.3, 0.4) is 0 Å². The molecular weight excluding hydrogens is 613 g/mol. The van der Waals surface area contributed by atoms with Gasteiger partial charge in [0.1, 0.15) is 0 Å². The maximum absolute atomic E-state index is 12.6. The Kier molecular flexibility index (Phi) is 9.74. The van der Waals surface area contributed by atoms with E-state index < -0.39 is 11.9 Å². The van der Waals surface area contributed by atoms with E-state index in [9.17, 15) is 29.4 Å². The Morgan fingerprint density at radius 2 is 1.60 bits per heavy atom. The lowest BCUT2D eigenvalue weighted by atomic mass is 9.91. The zero-order valence-corrected chi connectivity index (χ0v) is 27.5. The monoisotopic (exact) mass is 652 g/mol. The molecule has 0 bridgehead atoms. The second-order valence-corrected chi connectivity index (χ2v) is 13.8. The van der Waals surface area contributed by atoms with Crippen molar-refractivity contribution in [2.24, 2.45) is 17.8 Å². The fourth-order valence-corrected chi connectivity index (χ4v) is 7.62. The highest BCUT2D eigenvalue weighted by atomic mass is 32.2. The third-order valence-corrected chi connectivity index (χ3v) is 10.4. The number of aromatic amines is 2. The van der Waals surface area contributed by atoms with Crippen LogP contribution in [0.4, 0.5) is 0 Å². The molecule has 2 aromatic heterocycles. The van der Waals surface area contributed by atoms with Gasteiger partial charge in [0.15, 0.2) is 0 Å². The summed E-state index contributed by atoms with van der Waals surface area (Å²) in [4.78, 5) is 55.2. The van der Waals surface area contributed by atoms with Gasteiger partial charge in [0.05, 0.1) is 6.04 Å². The average Bonchev–Trinajstić information content (AvgIpc) is 3.56. The summed E-state index contributed by atoms with van der Waals surface area (Å²) in [6.07, 6.45) is 8.16. The Bertz CT molecular complexity index is 1730. The van der Waals surface area contributed by atoms with Gasteiger partial charge in [-0.1, -0.05) is 19.9 Å². The number of hydrogen-bond donors (Lipinski definition) is 7. The Hall–Kier alpha value is -3.64. The second-order valence-electron chi connectivity index (χ2n) is 12.1. The number of carbonyl (C=O) groups is 4. The van der Waals surface area contributed by atoms with Crippen LogP contribution in [0.5, 0.6) is 0 Å². The Morgan fingerprint density at radius 1 is 0.933 bits per heavy atom. The van der Waals surface area contributed by atoms with E-state index in [1.807, 2.05) is 63.8 Å². The number of aromatic nitrogens is 2. The summed E-state index contributed by atoms with van der Waals surface area (Å²) in [5, 5.41) is 27.0. The fourth-order valence-electron chi connectivity index (χ4n) is 6.51. The highest BCUT2D eigenvalue weighted by Crippen LogP contribution is 2.46. The second kappa shape index (κ2) is 13.4. The molecule has 3 fully saturated rings. The lowest BCUT2D eigenvalue weighted by molar-refractivity contribution is -0.138. The number of hydrogen-bond acceptors (Lipinski definition) is 6. The molecule has 3 saturated heterocycles. The first kappa shape index (κ1) is 32.7. The lowest BCUT2D eigenvalue weighted by Gasteiger charge is -2.12. The molecule has 240 valence electrons. The van der Waals surface area contributed by atoms with Gasteiger partial charge in [-0.2, -0.15) is 24.4 Å². The number of carboxylic acids is 2. The van der Waals surface area contributed by atoms with Gasteiger partial charge in [0.25, 0.3) is 0 Å². The number of rotatable bonds is 11. The highest BCUT2D eigenvalue weighted by Gasteiger charge is 2.45. The number of carboxylic acid groups (broad SMARTS) is 2. The number of H-pyrrole nitrogens is 2. The number of nitrogens with one attached hydrogen (secondary N) is 4. The van der Waals surface area contributed by atoms with E-state index in [1.54, 1.807) is 0 Å². The van der Waals surface area contributed by atoms with Crippen LogP contribution in [-0.4, -0.2) is 66.7 Å². The van der Waals surface area contributed by atoms with Crippen molar-refractivity contribution in [3.05, 3.63) is 61.7 Å². The highest BCUT2D eigenvalue weighted by molar-refractivity contribution is 8.06. The minimum Gasteiger partial charge on any atom is -0.481 e. The van der Waals surface area contributed by atoms with Gasteiger partial charge in [-0.15, -0.1) is 0 Å². The quantitative estimate of drug-likeness (QED) is 0.111. The molecule has 0 radical (unpaired) electrons. The van der Waals surface area contributed by atoms with Crippen molar-refractivity contribution in [2.75, 3.05) is 11.5 Å². The van der Waals surface area contributed by atoms with Gasteiger partial charge in [-0.3, -0.25) is 19.2 Å². The molecule has 12 heteroatoms. The van der Waals surface area contributed by atoms with Gasteiger partial charge in [-0.05, 0) is 67.2 Å². The van der Waals surface area contributed by atoms with Crippen LogP contribution >= 0.6 is 24.4 Å². The van der Waals surface area contributed by atoms with Crippen LogP contribution < -0.4 is 21.3 Å². The van der Waals surface area contributed by atoms with E-state index in [4.69, 9.17) is 0 Å². The minimum absolute atomic E-state index is 0.00978. The summed E-state index contributed by atoms with van der Waals surface area (Å²) < 4.78 is 0. The molecule has 0 aromatic carbocycles. The molecule has 5 rings (SSSR count). The van der Waals surface area contributed by atoms with Crippen molar-refractivity contribution in [1.29, 1.82) is 0 Å². The molecule has 6 N–H and O–H groups in total. The van der Waals surface area contributed by atoms with Gasteiger partial charge >= 0.3 is 11.9 Å². The zero-order chi connectivity index (χ0) is 32.6. The Morgan fingerprint density at radius 3 is 2.22 bits per heavy atom. The molecule has 3 aliphatic rings. The van der Waals surface area contributed by atoms with Crippen LogP contribution in [0.2, 0.25) is 0 Å². The van der Waals surface area contributed by atoms with Crippen LogP contribution in [0, 0.1) is 31.6 Å². The topological polar surface area (TPSA) is 164 Å². The third kappa shape index (κ3) is 6.96. The summed E-state index contributed by atoms with van der Waals surface area (Å²) in [6, 6.07) is -0.250. The largest absolute Gasteiger partial charge is 0.481 e. The van der Waals surface area contributed by atoms with Crippen molar-refractivity contribution in [2.45, 2.75) is 64.7 Å². The molecule has 5 atom stereocenters. The number of amides is 2. The van der Waals surface area contributed by atoms with E-state index in [0.29, 0.717) is 29.4 Å². The molecule has 3 aliphatic heterocycles. The number of thiol groups is 1. The molecule has 0 saturated carbocycles. The molecule has 2 aromatic rings. The zero-order valence-electron chi connectivity index (χ0n) is 25.8. The molecule has 0 spiro atoms. The van der Waals surface area contributed by atoms with Crippen molar-refractivity contribution in [3.8, 4) is 0 Å². The molecule has 5 heterocycles. The SMILES string of the molecule is Cc1c(/C=C2\NC(=O)[C@H](C)[C@H]2[C@@H]2CS2)[nH]c(/C=c2/[nH]/c(=C\[C@H]3NC(=O)/C(=C\CS)C3C)c(C)c2CCC(=O)O)c1CCC(=O)O. The van der Waals surface area contributed by atoms with Crippen LogP contribution in [0.15, 0.2) is 17.3 Å². The third-order valence-electron chi connectivity index (χ3n) is 9.25. The summed E-state index contributed by atoms with van der Waals surface area (Å²) in [7, 11) is 0. The predicted octanol–water partition coefficient (Wildman–Crippen LogP) is 2.43. The van der Waals surface area contributed by atoms with E-state index in [1.165, 1.54) is 0 Å². The minimum atomic E-state index is -0.909. The number of carbonyl (C=O) groups excluding carboxylic acids is 2. The molecular formula is C33H40N4O6S2. The maximum atomic E-state index is 12.6. The summed E-state index contributed by atoms with van der Waals surface area (Å²) >= 11 is 6.09. The first-order valence-electron chi connectivity index (χ1n) is 15.2. The summed E-state index contributed by atoms with van der Waals surface area (Å²) in [5.74, 6) is -0.520. The molecule has 2 amide bonds. The van der Waals surface area contributed by atoms with Crippen molar-refractivity contribution < 1.29 is 29.4 Å². The Labute approximate surface area is 271 Å². The number of allylic oxidation sites excluding steroid dienone is 1. The van der Waals surface area contributed by atoms with Gasteiger partial charge in [0, 0.05) is 80.7 Å². The van der Waals surface area contributed by atoms with Crippen molar-refractivity contribution in [3.63, 3.8) is 0 Å². The van der Waals surface area contributed by atoms with Crippen molar-refractivity contribution >= 4 is 66.4 Å². The van der Waals surface area contributed by atoms with Gasteiger partial charge < -0.3 is 30.8 Å². The van der Waals surface area contributed by atoms with E-state index in [0.717, 1.165) is 55.8 Å². The molecule has 10 nitrogen and oxygen atoms in total. The molecule has 45 heavy (non-hydrogen) atoms. The average molecular weight is 653 g/mol. The van der Waals surface area contributed by atoms with Crippen LogP contribution in [-0.2, 0) is 32.0 Å². The fraction of sp³-hybridized carbons (Fsp3) is 0.455. The van der Waals surface area contributed by atoms with E-state index >= 15 is 0 Å². The van der Waals surface area contributed by atoms with E-state index in [-0.39, 0.29) is 48.5 Å². The van der Waals surface area contributed by atoms with Gasteiger partial charge in [0.2, 0.25) is 11.8 Å². The lowest BCUT2D eigenvalue weighted by Crippen LogP contribution is -2.28. The van der Waals surface area contributed by atoms with Gasteiger partial charge in [-0.25, -0.2) is 0 Å². The first-order chi connectivity index (χ1) is 21.4. The Balaban J connectivity index is 1.62. The molecule has 0 aliphatic carbocycles. The normalized spacial score (nSPS) is 27.1. The predicted molar refractivity (Wildman–Crippen MR) is 178 cm³/mol. The first-order valence-corrected chi connectivity index (χ1v) is 16.9. The van der Waals surface area contributed by atoms with Crippen LogP contribution in [0.25, 0.3) is 18.2 Å². The van der Waals surface area contributed by atoms with E-state index in [2.05, 4.69) is 33.2 Å². The number of thioether (sulfide) groups is 1.